The Kier molecular flexibility index (Phi) is 5.33. The van der Waals surface area contributed by atoms with Crippen LogP contribution in [0.4, 0.5) is 0 Å². The summed E-state index contributed by atoms with van der Waals surface area (Å²) in [5.74, 6) is 0.832. The fourth-order valence-corrected chi connectivity index (χ4v) is 2.70. The first-order valence-electron chi connectivity index (χ1n) is 7.16. The molecular formula is C15H21ClN4O. The van der Waals surface area contributed by atoms with Crippen molar-refractivity contribution >= 4 is 12.4 Å². The highest BCUT2D eigenvalue weighted by atomic mass is 35.5. The molecule has 0 aromatic carbocycles. The number of β-amino-alcohol motifs (C(OH)–C–C–N with tert-alkyl or cyclic N) is 1. The third-order valence-corrected chi connectivity index (χ3v) is 3.90. The topological polar surface area (TPSA) is 63.0 Å². The molecule has 0 aliphatic carbocycles. The van der Waals surface area contributed by atoms with Gasteiger partial charge >= 0.3 is 0 Å². The summed E-state index contributed by atoms with van der Waals surface area (Å²) in [5, 5.41) is 13.4. The third kappa shape index (κ3) is 3.26. The predicted octanol–water partition coefficient (Wildman–Crippen LogP) is 1.82. The molecule has 0 amide bonds. The molecule has 1 saturated heterocycles. The quantitative estimate of drug-likeness (QED) is 0.908. The molecule has 114 valence electrons. The number of piperidine rings is 1. The molecule has 0 bridgehead atoms. The second-order valence-corrected chi connectivity index (χ2v) is 5.19. The summed E-state index contributed by atoms with van der Waals surface area (Å²) in [6.45, 7) is 3.66. The molecule has 21 heavy (non-hydrogen) atoms. The number of aliphatic hydroxyl groups is 1. The zero-order chi connectivity index (χ0) is 13.9. The number of nitrogens with zero attached hydrogens (tertiary/aromatic N) is 3. The lowest BCUT2D eigenvalue weighted by atomic mass is 10.0. The van der Waals surface area contributed by atoms with Gasteiger partial charge in [0.15, 0.2) is 5.82 Å². The molecule has 5 nitrogen and oxygen atoms in total. The zero-order valence-corrected chi connectivity index (χ0v) is 12.9. The van der Waals surface area contributed by atoms with Crippen molar-refractivity contribution in [2.24, 2.45) is 0 Å². The van der Waals surface area contributed by atoms with E-state index in [0.717, 1.165) is 30.9 Å². The minimum Gasteiger partial charge on any atom is -0.390 e. The van der Waals surface area contributed by atoms with Crippen LogP contribution in [-0.2, 0) is 6.42 Å². The summed E-state index contributed by atoms with van der Waals surface area (Å²) >= 11 is 0. The molecule has 2 N–H and O–H groups in total. The average molecular weight is 309 g/mol. The first-order chi connectivity index (χ1) is 9.79. The van der Waals surface area contributed by atoms with Crippen molar-refractivity contribution in [3.8, 4) is 11.5 Å². The van der Waals surface area contributed by atoms with Crippen LogP contribution in [0.3, 0.4) is 0 Å². The van der Waals surface area contributed by atoms with E-state index in [1.807, 2.05) is 18.5 Å². The fourth-order valence-electron chi connectivity index (χ4n) is 2.70. The van der Waals surface area contributed by atoms with Gasteiger partial charge in [-0.3, -0.25) is 4.98 Å². The molecule has 0 saturated carbocycles. The second kappa shape index (κ2) is 7.02. The smallest absolute Gasteiger partial charge is 0.158 e. The van der Waals surface area contributed by atoms with Crippen molar-refractivity contribution in [3.63, 3.8) is 0 Å². The van der Waals surface area contributed by atoms with E-state index in [9.17, 15) is 5.11 Å². The number of imidazole rings is 1. The van der Waals surface area contributed by atoms with Gasteiger partial charge in [-0.1, -0.05) is 13.0 Å². The van der Waals surface area contributed by atoms with Gasteiger partial charge in [0.05, 0.1) is 12.1 Å². The van der Waals surface area contributed by atoms with Crippen LogP contribution in [0.5, 0.6) is 0 Å². The highest BCUT2D eigenvalue weighted by molar-refractivity contribution is 5.85. The van der Waals surface area contributed by atoms with Gasteiger partial charge in [-0.05, 0) is 31.0 Å². The summed E-state index contributed by atoms with van der Waals surface area (Å²) in [6, 6.07) is 4.16. The molecule has 2 aromatic heterocycles. The number of pyridine rings is 1. The summed E-state index contributed by atoms with van der Waals surface area (Å²) in [5.41, 5.74) is 2.08. The van der Waals surface area contributed by atoms with Crippen LogP contribution in [-0.4, -0.2) is 38.8 Å². The van der Waals surface area contributed by atoms with Crippen LogP contribution in [0, 0.1) is 0 Å². The number of hydrogen-bond acceptors (Lipinski definition) is 4. The Morgan fingerprint density at radius 3 is 2.90 bits per heavy atom. The zero-order valence-electron chi connectivity index (χ0n) is 12.1. The Labute approximate surface area is 130 Å². The van der Waals surface area contributed by atoms with Crippen LogP contribution in [0.25, 0.3) is 11.5 Å². The Bertz CT molecular complexity index is 569. The largest absolute Gasteiger partial charge is 0.390 e. The Morgan fingerprint density at radius 2 is 2.24 bits per heavy atom. The minimum absolute atomic E-state index is 0. The van der Waals surface area contributed by atoms with Gasteiger partial charge < -0.3 is 15.0 Å². The Balaban J connectivity index is 0.00000161. The van der Waals surface area contributed by atoms with E-state index in [-0.39, 0.29) is 24.6 Å². The fraction of sp³-hybridized carbons (Fsp3) is 0.467. The number of aliphatic hydroxyl groups excluding tert-OH is 1. The molecule has 3 rings (SSSR count). The highest BCUT2D eigenvalue weighted by Crippen LogP contribution is 2.25. The number of nitrogens with one attached hydrogen (secondary N) is 1. The molecule has 0 radical (unpaired) electrons. The van der Waals surface area contributed by atoms with E-state index >= 15 is 0 Å². The number of hydrogen-bond donors (Lipinski definition) is 2. The maximum absolute atomic E-state index is 10.2. The van der Waals surface area contributed by atoms with Crippen molar-refractivity contribution in [2.75, 3.05) is 13.1 Å². The van der Waals surface area contributed by atoms with Gasteiger partial charge in [-0.15, -0.1) is 12.4 Å². The summed E-state index contributed by atoms with van der Waals surface area (Å²) < 4.78 is 2.06. The van der Waals surface area contributed by atoms with E-state index in [4.69, 9.17) is 0 Å². The van der Waals surface area contributed by atoms with E-state index in [0.29, 0.717) is 6.54 Å². The standard InChI is InChI=1S/C15H20N4O.ClH/c1-2-11-3-4-12(18-9-11)15-17-7-8-19(15)13-5-6-16-10-14(13)20;/h3-4,7-9,13-14,16,20H,2,5-6,10H2,1H3;1H/t13-,14-;/m0./s1. The van der Waals surface area contributed by atoms with Crippen molar-refractivity contribution in [1.29, 1.82) is 0 Å². The van der Waals surface area contributed by atoms with Crippen LogP contribution in [0.1, 0.15) is 24.9 Å². The lowest BCUT2D eigenvalue weighted by Crippen LogP contribution is -2.41. The first kappa shape index (κ1) is 15.9. The van der Waals surface area contributed by atoms with E-state index < -0.39 is 0 Å². The van der Waals surface area contributed by atoms with Gasteiger partial charge in [0.2, 0.25) is 0 Å². The molecule has 1 aliphatic rings. The molecular weight excluding hydrogens is 288 g/mol. The van der Waals surface area contributed by atoms with E-state index in [2.05, 4.69) is 32.8 Å². The van der Waals surface area contributed by atoms with Crippen molar-refractivity contribution in [1.82, 2.24) is 19.9 Å². The van der Waals surface area contributed by atoms with Crippen LogP contribution in [0.2, 0.25) is 0 Å². The number of aryl methyl sites for hydroxylation is 1. The van der Waals surface area contributed by atoms with Gasteiger partial charge in [-0.2, -0.15) is 0 Å². The van der Waals surface area contributed by atoms with Gasteiger partial charge in [-0.25, -0.2) is 4.98 Å². The molecule has 1 aliphatic heterocycles. The monoisotopic (exact) mass is 308 g/mol. The second-order valence-electron chi connectivity index (χ2n) is 5.19. The summed E-state index contributed by atoms with van der Waals surface area (Å²) in [7, 11) is 0. The Hall–Kier alpha value is -1.43. The molecule has 0 spiro atoms. The molecule has 0 unspecified atom stereocenters. The van der Waals surface area contributed by atoms with Crippen LogP contribution < -0.4 is 5.32 Å². The summed E-state index contributed by atoms with van der Waals surface area (Å²) in [4.78, 5) is 8.91. The first-order valence-corrected chi connectivity index (χ1v) is 7.16. The third-order valence-electron chi connectivity index (χ3n) is 3.90. The van der Waals surface area contributed by atoms with E-state index in [1.54, 1.807) is 6.20 Å². The lowest BCUT2D eigenvalue weighted by Gasteiger charge is -2.30. The van der Waals surface area contributed by atoms with Gasteiger partial charge in [0, 0.05) is 25.1 Å². The molecule has 2 atom stereocenters. The number of halogens is 1. The van der Waals surface area contributed by atoms with Crippen molar-refractivity contribution < 1.29 is 5.11 Å². The average Bonchev–Trinajstić information content (AvgIpc) is 2.97. The van der Waals surface area contributed by atoms with Crippen LogP contribution in [0.15, 0.2) is 30.7 Å². The molecule has 6 heteroatoms. The minimum atomic E-state index is -0.383. The molecule has 1 fully saturated rings. The summed E-state index contributed by atoms with van der Waals surface area (Å²) in [6.07, 6.45) is 7.11. The van der Waals surface area contributed by atoms with Crippen molar-refractivity contribution in [2.45, 2.75) is 31.9 Å². The lowest BCUT2D eigenvalue weighted by molar-refractivity contribution is 0.0880. The maximum atomic E-state index is 10.2. The highest BCUT2D eigenvalue weighted by Gasteiger charge is 2.26. The normalized spacial score (nSPS) is 21.8. The van der Waals surface area contributed by atoms with Crippen LogP contribution >= 0.6 is 12.4 Å². The van der Waals surface area contributed by atoms with E-state index in [1.165, 1.54) is 5.56 Å². The predicted molar refractivity (Wildman–Crippen MR) is 84.6 cm³/mol. The Morgan fingerprint density at radius 1 is 1.38 bits per heavy atom. The van der Waals surface area contributed by atoms with Crippen molar-refractivity contribution in [3.05, 3.63) is 36.3 Å². The molecule has 2 aromatic rings. The molecule has 3 heterocycles. The number of rotatable bonds is 3. The number of aromatic nitrogens is 3. The SMILES string of the molecule is CCc1ccc(-c2nccn2[C@H]2CCNC[C@@H]2O)nc1.Cl. The van der Waals surface area contributed by atoms with Gasteiger partial charge in [0.1, 0.15) is 5.69 Å². The maximum Gasteiger partial charge on any atom is 0.158 e. The van der Waals surface area contributed by atoms with Gasteiger partial charge in [0.25, 0.3) is 0 Å².